The normalized spacial score (nSPS) is 12.1. The summed E-state index contributed by atoms with van der Waals surface area (Å²) in [5.41, 5.74) is 0.846. The first kappa shape index (κ1) is 29.0. The molecule has 0 saturated heterocycles. The lowest BCUT2D eigenvalue weighted by Crippen LogP contribution is -2.49. The summed E-state index contributed by atoms with van der Waals surface area (Å²) in [6, 6.07) is 15.3. The van der Waals surface area contributed by atoms with Gasteiger partial charge in [0.15, 0.2) is 11.5 Å². The van der Waals surface area contributed by atoms with Crippen molar-refractivity contribution < 1.29 is 19.1 Å². The molecule has 4 aromatic rings. The van der Waals surface area contributed by atoms with E-state index in [4.69, 9.17) is 21.1 Å². The van der Waals surface area contributed by atoms with Crippen molar-refractivity contribution in [1.82, 2.24) is 30.4 Å². The Labute approximate surface area is 241 Å². The van der Waals surface area contributed by atoms with Gasteiger partial charge in [-0.15, -0.1) is 21.5 Å². The molecule has 0 unspecified atom stereocenters. The van der Waals surface area contributed by atoms with E-state index in [2.05, 4.69) is 20.7 Å². The maximum Gasteiger partial charge on any atom is 0.248 e. The molecule has 1 atom stereocenters. The van der Waals surface area contributed by atoms with Crippen LogP contribution in [0.5, 0.6) is 11.5 Å². The molecule has 0 bridgehead atoms. The Bertz CT molecular complexity index is 1470. The number of hydrogen-bond acceptors (Lipinski definition) is 8. The third-order valence-electron chi connectivity index (χ3n) is 5.86. The second kappa shape index (κ2) is 12.5. The van der Waals surface area contributed by atoms with E-state index in [1.54, 1.807) is 31.4 Å². The number of halogens is 1. The Hall–Kier alpha value is -3.96. The fraction of sp³-hybridized carbons (Fsp3) is 0.321. The topological polar surface area (TPSA) is 111 Å². The zero-order chi connectivity index (χ0) is 28.9. The number of amides is 2. The number of nitrogens with one attached hydrogen (secondary N) is 1. The third-order valence-corrected chi connectivity index (χ3v) is 7.15. The smallest absolute Gasteiger partial charge is 0.248 e. The number of thiophene rings is 1. The molecule has 2 amide bonds. The minimum atomic E-state index is -0.892. The lowest BCUT2D eigenvalue weighted by atomic mass is 10.1. The Kier molecular flexibility index (Phi) is 9.06. The van der Waals surface area contributed by atoms with Gasteiger partial charge in [0, 0.05) is 27.5 Å². The zero-order valence-corrected chi connectivity index (χ0v) is 24.5. The number of carbonyl (C=O) groups excluding carboxylic acids is 2. The maximum atomic E-state index is 13.9. The predicted molar refractivity (Wildman–Crippen MR) is 153 cm³/mol. The van der Waals surface area contributed by atoms with Crippen LogP contribution in [0, 0.1) is 0 Å². The summed E-state index contributed by atoms with van der Waals surface area (Å²) in [6.07, 6.45) is 0. The summed E-state index contributed by atoms with van der Waals surface area (Å²) in [4.78, 5) is 31.0. The Morgan fingerprint density at radius 2 is 1.82 bits per heavy atom. The second-order valence-electron chi connectivity index (χ2n) is 9.98. The fourth-order valence-corrected chi connectivity index (χ4v) is 5.09. The number of nitrogens with zero attached hydrogens (tertiary/aromatic N) is 5. The first-order chi connectivity index (χ1) is 19.1. The highest BCUT2D eigenvalue weighted by Gasteiger charge is 2.34. The van der Waals surface area contributed by atoms with E-state index in [1.807, 2.05) is 56.5 Å². The van der Waals surface area contributed by atoms with Gasteiger partial charge < -0.3 is 19.7 Å². The number of rotatable bonds is 10. The summed E-state index contributed by atoms with van der Waals surface area (Å²) >= 11 is 7.87. The molecular formula is C28H31ClN6O4S. The van der Waals surface area contributed by atoms with E-state index in [-0.39, 0.29) is 24.9 Å². The Morgan fingerprint density at radius 1 is 1.07 bits per heavy atom. The van der Waals surface area contributed by atoms with Crippen molar-refractivity contribution >= 4 is 34.8 Å². The summed E-state index contributed by atoms with van der Waals surface area (Å²) < 4.78 is 10.7. The zero-order valence-electron chi connectivity index (χ0n) is 22.9. The number of methoxy groups -OCH3 is 2. The molecule has 10 nitrogen and oxygen atoms in total. The van der Waals surface area contributed by atoms with Crippen LogP contribution in [0.3, 0.4) is 0 Å². The molecule has 2 aromatic heterocycles. The lowest BCUT2D eigenvalue weighted by Gasteiger charge is -2.33. The fourth-order valence-electron chi connectivity index (χ4n) is 4.06. The number of benzene rings is 2. The van der Waals surface area contributed by atoms with Gasteiger partial charge in [-0.05, 0) is 67.3 Å². The number of ether oxygens (including phenoxy) is 2. The molecule has 210 valence electrons. The molecule has 2 aromatic carbocycles. The van der Waals surface area contributed by atoms with Crippen molar-refractivity contribution in [2.24, 2.45) is 0 Å². The van der Waals surface area contributed by atoms with E-state index in [9.17, 15) is 9.59 Å². The van der Waals surface area contributed by atoms with Crippen LogP contribution in [0.1, 0.15) is 37.3 Å². The van der Waals surface area contributed by atoms with E-state index >= 15 is 0 Å². The van der Waals surface area contributed by atoms with Crippen LogP contribution in [0.4, 0.5) is 0 Å². The van der Waals surface area contributed by atoms with Crippen LogP contribution in [-0.2, 0) is 22.7 Å². The molecule has 0 fully saturated rings. The molecular weight excluding hydrogens is 552 g/mol. The van der Waals surface area contributed by atoms with Gasteiger partial charge >= 0.3 is 0 Å². The van der Waals surface area contributed by atoms with Crippen LogP contribution in [-0.4, -0.2) is 56.7 Å². The monoisotopic (exact) mass is 582 g/mol. The SMILES string of the molecule is COc1ccc(-c2nnn(CC(=O)N(Cc3ccccc3Cl)[C@H](C(=O)NC(C)(C)C)c3cccs3)n2)cc1OC. The molecule has 0 aliphatic heterocycles. The molecule has 2 heterocycles. The average Bonchev–Trinajstić information content (AvgIpc) is 3.61. The van der Waals surface area contributed by atoms with Crippen LogP contribution in [0.25, 0.3) is 11.4 Å². The minimum absolute atomic E-state index is 0.107. The maximum absolute atomic E-state index is 13.9. The van der Waals surface area contributed by atoms with Crippen molar-refractivity contribution in [1.29, 1.82) is 0 Å². The summed E-state index contributed by atoms with van der Waals surface area (Å²) in [5, 5.41) is 18.0. The van der Waals surface area contributed by atoms with Gasteiger partial charge in [-0.2, -0.15) is 4.80 Å². The van der Waals surface area contributed by atoms with Gasteiger partial charge in [0.25, 0.3) is 0 Å². The van der Waals surface area contributed by atoms with Crippen molar-refractivity contribution in [3.63, 3.8) is 0 Å². The summed E-state index contributed by atoms with van der Waals surface area (Å²) in [7, 11) is 3.09. The van der Waals surface area contributed by atoms with Gasteiger partial charge in [0.2, 0.25) is 17.6 Å². The number of carbonyl (C=O) groups is 2. The molecule has 12 heteroatoms. The van der Waals surface area contributed by atoms with Crippen molar-refractivity contribution in [3.05, 3.63) is 75.4 Å². The first-order valence-corrected chi connectivity index (χ1v) is 13.7. The standard InChI is InChI=1S/C28H31ClN6O4S/c1-28(2,3)30-27(37)25(23-11-8-14-40-23)34(16-19-9-6-7-10-20(19)29)24(36)17-35-32-26(31-33-35)18-12-13-21(38-4)22(15-18)39-5/h6-15,25H,16-17H2,1-5H3,(H,30,37)/t25-/m0/s1. The largest absolute Gasteiger partial charge is 0.493 e. The van der Waals surface area contributed by atoms with Crippen LogP contribution in [0.2, 0.25) is 5.02 Å². The van der Waals surface area contributed by atoms with Crippen LogP contribution >= 0.6 is 22.9 Å². The third kappa shape index (κ3) is 6.97. The molecule has 0 spiro atoms. The predicted octanol–water partition coefficient (Wildman–Crippen LogP) is 4.76. The van der Waals surface area contributed by atoms with Gasteiger partial charge in [-0.25, -0.2) is 0 Å². The van der Waals surface area contributed by atoms with E-state index in [0.717, 1.165) is 4.88 Å². The van der Waals surface area contributed by atoms with Gasteiger partial charge in [0.1, 0.15) is 12.6 Å². The van der Waals surface area contributed by atoms with Gasteiger partial charge in [-0.1, -0.05) is 35.9 Å². The number of tetrazole rings is 1. The Balaban J connectivity index is 1.67. The Morgan fingerprint density at radius 3 is 2.48 bits per heavy atom. The molecule has 0 saturated carbocycles. The number of hydrogen-bond donors (Lipinski definition) is 1. The van der Waals surface area contributed by atoms with E-state index < -0.39 is 11.6 Å². The minimum Gasteiger partial charge on any atom is -0.493 e. The van der Waals surface area contributed by atoms with Crippen molar-refractivity contribution in [3.8, 4) is 22.9 Å². The average molecular weight is 583 g/mol. The highest BCUT2D eigenvalue weighted by atomic mass is 35.5. The lowest BCUT2D eigenvalue weighted by molar-refractivity contribution is -0.143. The van der Waals surface area contributed by atoms with E-state index in [1.165, 1.54) is 28.1 Å². The quantitative estimate of drug-likeness (QED) is 0.287. The van der Waals surface area contributed by atoms with Crippen LogP contribution in [0.15, 0.2) is 60.0 Å². The highest BCUT2D eigenvalue weighted by Crippen LogP contribution is 2.32. The highest BCUT2D eigenvalue weighted by molar-refractivity contribution is 7.10. The molecule has 0 radical (unpaired) electrons. The molecule has 0 aliphatic rings. The number of aromatic nitrogens is 4. The van der Waals surface area contributed by atoms with Gasteiger partial charge in [-0.3, -0.25) is 9.59 Å². The molecule has 40 heavy (non-hydrogen) atoms. The first-order valence-electron chi connectivity index (χ1n) is 12.5. The van der Waals surface area contributed by atoms with E-state index in [0.29, 0.717) is 33.5 Å². The van der Waals surface area contributed by atoms with Crippen molar-refractivity contribution in [2.75, 3.05) is 14.2 Å². The second-order valence-corrected chi connectivity index (χ2v) is 11.4. The van der Waals surface area contributed by atoms with Crippen LogP contribution < -0.4 is 14.8 Å². The molecule has 1 N–H and O–H groups in total. The molecule has 4 rings (SSSR count). The van der Waals surface area contributed by atoms with Crippen molar-refractivity contribution in [2.45, 2.75) is 45.4 Å². The van der Waals surface area contributed by atoms with Gasteiger partial charge in [0.05, 0.1) is 14.2 Å². The summed E-state index contributed by atoms with van der Waals surface area (Å²) in [5.74, 6) is 0.720. The molecule has 0 aliphatic carbocycles. The summed E-state index contributed by atoms with van der Waals surface area (Å²) in [6.45, 7) is 5.55.